The fourth-order valence-electron chi connectivity index (χ4n) is 9.26. The van der Waals surface area contributed by atoms with E-state index in [1.54, 1.807) is 0 Å². The average molecular weight is 840 g/mol. The van der Waals surface area contributed by atoms with E-state index in [2.05, 4.69) is 177 Å². The van der Waals surface area contributed by atoms with Gasteiger partial charge in [-0.05, 0) is 0 Å². The molecule has 0 aromatic heterocycles. The van der Waals surface area contributed by atoms with Gasteiger partial charge < -0.3 is 0 Å². The molecule has 2 atom stereocenters. The van der Waals surface area contributed by atoms with Crippen LogP contribution in [0.15, 0.2) is 96.1 Å². The molecule has 2 amide bonds. The Kier molecular flexibility index (Phi) is 11.0. The van der Waals surface area contributed by atoms with Crippen LogP contribution in [-0.4, -0.2) is 17.3 Å². The minimum atomic E-state index is -6.03. The Morgan fingerprint density at radius 3 is 1.26 bits per heavy atom. The molecule has 0 saturated carbocycles. The number of nitrogens with one attached hydrogen (secondary N) is 2. The SMILES string of the molecule is CC(C)c1ccccc1-c1cccc2c1C=C(C(C)(C)C)[CH]2[Zr]([Cl])([Cl])([B](NC=O)NC=O)[CH]1C(C(C)(C)C)=Cc2c(-c3ccccc3C(C)C)cccc21. The number of hydrogen-bond donors (Lipinski definition) is 2. The number of rotatable bonds is 11. The third-order valence-electron chi connectivity index (χ3n) is 11.7. The fraction of sp³-hybridized carbons (Fsp3) is 0.348. The molecule has 0 radical (unpaired) electrons. The van der Waals surface area contributed by atoms with E-state index in [1.807, 2.05) is 0 Å². The predicted octanol–water partition coefficient (Wildman–Crippen LogP) is 12.4. The van der Waals surface area contributed by atoms with E-state index in [9.17, 15) is 9.59 Å². The monoisotopic (exact) mass is 837 g/mol. The van der Waals surface area contributed by atoms with Gasteiger partial charge in [-0.1, -0.05) is 0 Å². The molecule has 4 nitrogen and oxygen atoms in total. The van der Waals surface area contributed by atoms with Crippen molar-refractivity contribution in [2.75, 3.05) is 0 Å². The third kappa shape index (κ3) is 6.73. The summed E-state index contributed by atoms with van der Waals surface area (Å²) < 4.78 is -1.92. The van der Waals surface area contributed by atoms with Crippen LogP contribution in [0.25, 0.3) is 34.4 Å². The Morgan fingerprint density at radius 2 is 0.926 bits per heavy atom. The normalized spacial score (nSPS) is 17.6. The van der Waals surface area contributed by atoms with Crippen LogP contribution in [0.4, 0.5) is 0 Å². The molecule has 2 unspecified atom stereocenters. The quantitative estimate of drug-likeness (QED) is 0.117. The molecular formula is C46H54BCl2N2O2Zr. The Labute approximate surface area is 331 Å². The van der Waals surface area contributed by atoms with E-state index < -0.39 is 27.9 Å². The van der Waals surface area contributed by atoms with Crippen LogP contribution in [0.5, 0.6) is 0 Å². The molecule has 0 bridgehead atoms. The maximum absolute atomic E-state index is 12.7. The number of halogens is 2. The molecule has 4 aromatic carbocycles. The second-order valence-electron chi connectivity index (χ2n) is 17.9. The first-order valence-corrected chi connectivity index (χ1v) is 29.8. The number of benzene rings is 4. The average Bonchev–Trinajstić information content (AvgIpc) is 3.73. The molecule has 0 heterocycles. The first-order valence-electron chi connectivity index (χ1n) is 19.2. The molecular weight excluding hydrogens is 785 g/mol. The number of carbonyl (C=O) groups is 2. The predicted molar refractivity (Wildman–Crippen MR) is 228 cm³/mol. The second-order valence-corrected chi connectivity index (χ2v) is 39.3. The van der Waals surface area contributed by atoms with Crippen LogP contribution < -0.4 is 10.5 Å². The van der Waals surface area contributed by atoms with Crippen molar-refractivity contribution in [1.82, 2.24) is 10.5 Å². The van der Waals surface area contributed by atoms with E-state index in [0.717, 1.165) is 44.5 Å². The fourth-order valence-corrected chi connectivity index (χ4v) is 30.3. The molecule has 0 spiro atoms. The molecule has 8 heteroatoms. The molecule has 2 aliphatic carbocycles. The van der Waals surface area contributed by atoms with Crippen LogP contribution in [0, 0.1) is 10.8 Å². The molecule has 54 heavy (non-hydrogen) atoms. The minimum absolute atomic E-state index is 0.313. The summed E-state index contributed by atoms with van der Waals surface area (Å²) in [6.45, 7) is 22.2. The van der Waals surface area contributed by atoms with Crippen molar-refractivity contribution in [2.45, 2.75) is 88.3 Å². The Balaban J connectivity index is 1.74. The summed E-state index contributed by atoms with van der Waals surface area (Å²) in [6.07, 6.45) is 5.90. The van der Waals surface area contributed by atoms with Crippen molar-refractivity contribution >= 4 is 46.5 Å². The van der Waals surface area contributed by atoms with Gasteiger partial charge in [0.05, 0.1) is 0 Å². The first kappa shape index (κ1) is 40.5. The first-order chi connectivity index (χ1) is 25.4. The number of allylic oxidation sites excluding steroid dienone is 2. The van der Waals surface area contributed by atoms with Crippen molar-refractivity contribution in [3.8, 4) is 22.3 Å². The molecule has 0 saturated heterocycles. The van der Waals surface area contributed by atoms with Gasteiger partial charge >= 0.3 is 334 Å². The zero-order valence-corrected chi connectivity index (χ0v) is 37.3. The Hall–Kier alpha value is -3.17. The third-order valence-corrected chi connectivity index (χ3v) is 31.5. The standard InChI is InChI=1S/2C22H25.C2H3BN2O2.2ClH.Zr/c2*1-15(2)18-10-6-7-11-19(18)20-12-8-9-16-13-17(14-21(16)20)22(3,4)5;6-1-4-3-5-2-7;;;/h2*6-15H,1-5H3;1-2H,(H-,4,5,6,7);2*1H;/q;;;;;+1/p-1. The Morgan fingerprint density at radius 1 is 0.574 bits per heavy atom. The van der Waals surface area contributed by atoms with Crippen molar-refractivity contribution < 1.29 is 25.8 Å². The zero-order valence-electron chi connectivity index (χ0n) is 33.4. The summed E-state index contributed by atoms with van der Waals surface area (Å²) in [5.74, 6) is 0.627. The summed E-state index contributed by atoms with van der Waals surface area (Å²) in [6, 6.07) is 30.1. The van der Waals surface area contributed by atoms with E-state index in [4.69, 9.17) is 17.0 Å². The summed E-state index contributed by atoms with van der Waals surface area (Å²) in [5.41, 5.74) is 12.9. The van der Waals surface area contributed by atoms with Crippen molar-refractivity contribution in [1.29, 1.82) is 0 Å². The molecule has 281 valence electrons. The molecule has 6 rings (SSSR count). The second kappa shape index (κ2) is 14.7. The summed E-state index contributed by atoms with van der Waals surface area (Å²) in [4.78, 5) is 25.3. The van der Waals surface area contributed by atoms with Gasteiger partial charge in [-0.2, -0.15) is 0 Å². The summed E-state index contributed by atoms with van der Waals surface area (Å²) in [7, 11) is 17.6. The summed E-state index contributed by atoms with van der Waals surface area (Å²) in [5, 5.41) is 6.03. The van der Waals surface area contributed by atoms with E-state index in [-0.39, 0.29) is 10.8 Å². The van der Waals surface area contributed by atoms with E-state index >= 15 is 0 Å². The van der Waals surface area contributed by atoms with Gasteiger partial charge in [0.15, 0.2) is 0 Å². The van der Waals surface area contributed by atoms with Crippen molar-refractivity contribution in [3.63, 3.8) is 0 Å². The zero-order chi connectivity index (χ0) is 39.4. The maximum atomic E-state index is 12.7. The summed E-state index contributed by atoms with van der Waals surface area (Å²) >= 11 is -6.03. The van der Waals surface area contributed by atoms with Gasteiger partial charge in [-0.3, -0.25) is 0 Å². The Bertz CT molecular complexity index is 2030. The van der Waals surface area contributed by atoms with Crippen LogP contribution >= 0.6 is 17.0 Å². The van der Waals surface area contributed by atoms with Gasteiger partial charge in [0.1, 0.15) is 0 Å². The van der Waals surface area contributed by atoms with Gasteiger partial charge in [0.2, 0.25) is 0 Å². The number of hydrogen-bond acceptors (Lipinski definition) is 2. The number of amides is 2. The molecule has 2 N–H and O–H groups in total. The van der Waals surface area contributed by atoms with Crippen LogP contribution in [0.1, 0.15) is 122 Å². The van der Waals surface area contributed by atoms with Gasteiger partial charge in [-0.15, -0.1) is 0 Å². The van der Waals surface area contributed by atoms with Crippen LogP contribution in [0.3, 0.4) is 0 Å². The molecule has 0 aliphatic heterocycles. The van der Waals surface area contributed by atoms with Crippen molar-refractivity contribution in [3.05, 3.63) is 129 Å². The number of carbonyl (C=O) groups excluding carboxylic acids is 2. The van der Waals surface area contributed by atoms with E-state index in [1.165, 1.54) is 22.3 Å². The van der Waals surface area contributed by atoms with Gasteiger partial charge in [0.25, 0.3) is 0 Å². The van der Waals surface area contributed by atoms with E-state index in [0.29, 0.717) is 24.7 Å². The van der Waals surface area contributed by atoms with Gasteiger partial charge in [-0.25, -0.2) is 0 Å². The molecule has 0 fully saturated rings. The molecule has 2 aliphatic rings. The number of fused-ring (bicyclic) bond motifs is 2. The van der Waals surface area contributed by atoms with Crippen LogP contribution in [-0.2, 0) is 25.8 Å². The molecule has 4 aromatic rings. The van der Waals surface area contributed by atoms with Crippen LogP contribution in [0.2, 0.25) is 0 Å². The van der Waals surface area contributed by atoms with Gasteiger partial charge in [0, 0.05) is 0 Å². The van der Waals surface area contributed by atoms with Crippen molar-refractivity contribution in [2.24, 2.45) is 10.8 Å². The topological polar surface area (TPSA) is 58.2 Å².